The van der Waals surface area contributed by atoms with Gasteiger partial charge < -0.3 is 18.9 Å². The van der Waals surface area contributed by atoms with E-state index in [0.29, 0.717) is 11.1 Å². The zero-order chi connectivity index (χ0) is 20.4. The summed E-state index contributed by atoms with van der Waals surface area (Å²) in [6.45, 7) is 11.1. The van der Waals surface area contributed by atoms with Gasteiger partial charge in [0.15, 0.2) is 5.60 Å². The smallest absolute Gasteiger partial charge is 0.340 e. The summed E-state index contributed by atoms with van der Waals surface area (Å²) < 4.78 is 20.6. The Morgan fingerprint density at radius 2 is 2.04 bits per heavy atom. The molecule has 1 saturated heterocycles. The van der Waals surface area contributed by atoms with Gasteiger partial charge in [-0.3, -0.25) is 4.79 Å². The first kappa shape index (κ1) is 20.5. The molecule has 0 aromatic rings. The Kier molecular flexibility index (Phi) is 5.63. The van der Waals surface area contributed by atoms with Crippen molar-refractivity contribution in [2.24, 2.45) is 5.41 Å². The normalized spacial score (nSPS) is 27.2. The van der Waals surface area contributed by atoms with E-state index in [1.165, 1.54) is 19.3 Å². The van der Waals surface area contributed by atoms with Crippen LogP contribution < -0.4 is 0 Å². The first-order chi connectivity index (χ1) is 12.5. The number of methoxy groups -OCH3 is 1. The van der Waals surface area contributed by atoms with Crippen molar-refractivity contribution in [2.45, 2.75) is 46.0 Å². The summed E-state index contributed by atoms with van der Waals surface area (Å²) >= 11 is 0. The van der Waals surface area contributed by atoms with Crippen LogP contribution in [0.1, 0.15) is 34.1 Å². The van der Waals surface area contributed by atoms with Gasteiger partial charge in [-0.05, 0) is 31.6 Å². The second kappa shape index (κ2) is 7.42. The molecule has 2 aliphatic rings. The molecule has 2 aliphatic heterocycles. The van der Waals surface area contributed by atoms with Gasteiger partial charge in [0.1, 0.15) is 6.26 Å². The molecule has 1 fully saturated rings. The number of rotatable bonds is 6. The van der Waals surface area contributed by atoms with Crippen molar-refractivity contribution in [1.82, 2.24) is 0 Å². The molecule has 0 spiro atoms. The van der Waals surface area contributed by atoms with Gasteiger partial charge in [0, 0.05) is 17.1 Å². The van der Waals surface area contributed by atoms with Crippen LogP contribution in [0.4, 0.5) is 0 Å². The van der Waals surface area contributed by atoms with Crippen LogP contribution >= 0.6 is 0 Å². The SMILES string of the molecule is C=C(C)C1(/C=C/C(=C\O[C@H]2C=C(C)C(=O)O2)C(=O)OC)OC(=O)CC1(C)C. The summed E-state index contributed by atoms with van der Waals surface area (Å²) in [5, 5.41) is 0. The van der Waals surface area contributed by atoms with Crippen LogP contribution in [0.25, 0.3) is 0 Å². The number of carbonyl (C=O) groups is 3. The standard InChI is InChI=1S/C20H24O7/c1-12(2)20(19(4,5)10-15(21)27-20)8-7-14(18(23)24-6)11-25-16-9-13(3)17(22)26-16/h7-9,11,16H,1,10H2,2-6H3/b8-7+,14-11+/t16-,20?/m1/s1. The lowest BCUT2D eigenvalue weighted by molar-refractivity contribution is -0.152. The molecule has 2 rings (SSSR count). The van der Waals surface area contributed by atoms with E-state index in [9.17, 15) is 14.4 Å². The quantitative estimate of drug-likeness (QED) is 0.176. The summed E-state index contributed by atoms with van der Waals surface area (Å²) in [4.78, 5) is 35.3. The highest BCUT2D eigenvalue weighted by Crippen LogP contribution is 2.48. The third-order valence-corrected chi connectivity index (χ3v) is 4.68. The number of cyclic esters (lactones) is 2. The van der Waals surface area contributed by atoms with E-state index in [4.69, 9.17) is 18.9 Å². The fourth-order valence-electron chi connectivity index (χ4n) is 3.11. The Balaban J connectivity index is 2.30. The van der Waals surface area contributed by atoms with Gasteiger partial charge in [0.2, 0.25) is 0 Å². The summed E-state index contributed by atoms with van der Waals surface area (Å²) in [5.41, 5.74) is -0.499. The number of hydrogen-bond acceptors (Lipinski definition) is 7. The molecular weight excluding hydrogens is 352 g/mol. The van der Waals surface area contributed by atoms with Crippen molar-refractivity contribution in [3.8, 4) is 0 Å². The monoisotopic (exact) mass is 376 g/mol. The molecule has 0 bridgehead atoms. The van der Waals surface area contributed by atoms with Crippen molar-refractivity contribution in [1.29, 1.82) is 0 Å². The van der Waals surface area contributed by atoms with Crippen LogP contribution in [0.15, 0.2) is 47.8 Å². The second-order valence-electron chi connectivity index (χ2n) is 7.21. The first-order valence-corrected chi connectivity index (χ1v) is 8.43. The van der Waals surface area contributed by atoms with Gasteiger partial charge >= 0.3 is 17.9 Å². The molecule has 2 heterocycles. The lowest BCUT2D eigenvalue weighted by Crippen LogP contribution is -2.40. The molecule has 0 aromatic carbocycles. The summed E-state index contributed by atoms with van der Waals surface area (Å²) in [6, 6.07) is 0. The van der Waals surface area contributed by atoms with Gasteiger partial charge in [-0.25, -0.2) is 9.59 Å². The molecule has 0 N–H and O–H groups in total. The molecule has 7 nitrogen and oxygen atoms in total. The van der Waals surface area contributed by atoms with Crippen LogP contribution in [0, 0.1) is 5.41 Å². The van der Waals surface area contributed by atoms with E-state index < -0.39 is 29.2 Å². The predicted octanol–water partition coefficient (Wildman–Crippen LogP) is 2.73. The maximum Gasteiger partial charge on any atom is 0.340 e. The fourth-order valence-corrected chi connectivity index (χ4v) is 3.11. The van der Waals surface area contributed by atoms with Crippen LogP contribution in [-0.4, -0.2) is 36.9 Å². The fraction of sp³-hybridized carbons (Fsp3) is 0.450. The summed E-state index contributed by atoms with van der Waals surface area (Å²) in [7, 11) is 1.23. The van der Waals surface area contributed by atoms with Gasteiger partial charge in [-0.1, -0.05) is 20.4 Å². The molecule has 146 valence electrons. The Morgan fingerprint density at radius 3 is 2.48 bits per heavy atom. The molecule has 0 amide bonds. The maximum absolute atomic E-state index is 12.1. The third-order valence-electron chi connectivity index (χ3n) is 4.68. The van der Waals surface area contributed by atoms with Crippen molar-refractivity contribution in [3.05, 3.63) is 47.8 Å². The average molecular weight is 376 g/mol. The molecular formula is C20H24O7. The zero-order valence-corrected chi connectivity index (χ0v) is 16.2. The van der Waals surface area contributed by atoms with Gasteiger partial charge in [0.05, 0.1) is 19.1 Å². The molecule has 0 aliphatic carbocycles. The molecule has 2 atom stereocenters. The Hall–Kier alpha value is -2.83. The minimum absolute atomic E-state index is 0.0610. The number of esters is 3. The van der Waals surface area contributed by atoms with E-state index >= 15 is 0 Å². The van der Waals surface area contributed by atoms with E-state index in [0.717, 1.165) is 6.26 Å². The summed E-state index contributed by atoms with van der Waals surface area (Å²) in [5.74, 6) is -1.48. The molecule has 0 radical (unpaired) electrons. The van der Waals surface area contributed by atoms with E-state index in [1.54, 1.807) is 19.9 Å². The minimum Gasteiger partial charge on any atom is -0.465 e. The van der Waals surface area contributed by atoms with Gasteiger partial charge in [-0.2, -0.15) is 0 Å². The van der Waals surface area contributed by atoms with Crippen molar-refractivity contribution < 1.29 is 33.3 Å². The maximum atomic E-state index is 12.1. The highest BCUT2D eigenvalue weighted by molar-refractivity contribution is 5.91. The van der Waals surface area contributed by atoms with Crippen molar-refractivity contribution in [3.63, 3.8) is 0 Å². The van der Waals surface area contributed by atoms with Gasteiger partial charge in [-0.15, -0.1) is 0 Å². The number of ether oxygens (including phenoxy) is 4. The van der Waals surface area contributed by atoms with Crippen LogP contribution in [0.3, 0.4) is 0 Å². The molecule has 0 aromatic heterocycles. The lowest BCUT2D eigenvalue weighted by atomic mass is 9.71. The predicted molar refractivity (Wildman–Crippen MR) is 96.0 cm³/mol. The minimum atomic E-state index is -1.06. The highest BCUT2D eigenvalue weighted by atomic mass is 16.7. The average Bonchev–Trinajstić information content (AvgIpc) is 3.02. The van der Waals surface area contributed by atoms with Crippen molar-refractivity contribution >= 4 is 17.9 Å². The third kappa shape index (κ3) is 3.97. The van der Waals surface area contributed by atoms with Crippen molar-refractivity contribution in [2.75, 3.05) is 7.11 Å². The van der Waals surface area contributed by atoms with E-state index in [2.05, 4.69) is 6.58 Å². The Bertz CT molecular complexity index is 769. The lowest BCUT2D eigenvalue weighted by Gasteiger charge is -2.37. The van der Waals surface area contributed by atoms with Gasteiger partial charge in [0.25, 0.3) is 6.29 Å². The zero-order valence-electron chi connectivity index (χ0n) is 16.2. The topological polar surface area (TPSA) is 88.1 Å². The van der Waals surface area contributed by atoms with E-state index in [-0.39, 0.29) is 18.0 Å². The second-order valence-corrected chi connectivity index (χ2v) is 7.21. The molecule has 27 heavy (non-hydrogen) atoms. The first-order valence-electron chi connectivity index (χ1n) is 8.43. The van der Waals surface area contributed by atoms with Crippen LogP contribution in [0.2, 0.25) is 0 Å². The highest BCUT2D eigenvalue weighted by Gasteiger charge is 2.54. The van der Waals surface area contributed by atoms with Crippen LogP contribution in [-0.2, 0) is 33.3 Å². The molecule has 0 saturated carbocycles. The molecule has 7 heteroatoms. The molecule has 1 unspecified atom stereocenters. The largest absolute Gasteiger partial charge is 0.465 e. The van der Waals surface area contributed by atoms with Crippen LogP contribution in [0.5, 0.6) is 0 Å². The Labute approximate surface area is 158 Å². The summed E-state index contributed by atoms with van der Waals surface area (Å²) in [6.07, 6.45) is 5.00. The Morgan fingerprint density at radius 1 is 1.37 bits per heavy atom. The number of carbonyl (C=O) groups excluding carboxylic acids is 3. The number of hydrogen-bond donors (Lipinski definition) is 0. The van der Waals surface area contributed by atoms with E-state index in [1.807, 2.05) is 13.8 Å².